The van der Waals surface area contributed by atoms with Crippen molar-refractivity contribution in [2.75, 3.05) is 26.2 Å². The van der Waals surface area contributed by atoms with Crippen molar-refractivity contribution in [3.63, 3.8) is 0 Å². The van der Waals surface area contributed by atoms with Crippen LogP contribution in [0.5, 0.6) is 0 Å². The highest BCUT2D eigenvalue weighted by atomic mass is 16.5. The quantitative estimate of drug-likeness (QED) is 0.709. The summed E-state index contributed by atoms with van der Waals surface area (Å²) in [6.45, 7) is 8.61. The Morgan fingerprint density at radius 3 is 2.93 bits per heavy atom. The van der Waals surface area contributed by atoms with Crippen LogP contribution in [0.25, 0.3) is 0 Å². The largest absolute Gasteiger partial charge is 0.375 e. The molecule has 1 saturated heterocycles. The Morgan fingerprint density at radius 1 is 1.64 bits per heavy atom. The summed E-state index contributed by atoms with van der Waals surface area (Å²) in [6, 6.07) is 0.359. The molecule has 1 aliphatic rings. The molecule has 0 aromatic rings. The van der Waals surface area contributed by atoms with E-state index < -0.39 is 0 Å². The van der Waals surface area contributed by atoms with Crippen molar-refractivity contribution in [1.29, 1.82) is 0 Å². The first-order chi connectivity index (χ1) is 6.59. The number of hydrogen-bond acceptors (Lipinski definition) is 3. The van der Waals surface area contributed by atoms with Crippen LogP contribution in [-0.2, 0) is 9.53 Å². The summed E-state index contributed by atoms with van der Waals surface area (Å²) in [5.41, 5.74) is 0. The second-order valence-electron chi connectivity index (χ2n) is 4.06. The molecule has 82 valence electrons. The van der Waals surface area contributed by atoms with Gasteiger partial charge in [0.05, 0.1) is 19.3 Å². The molecule has 1 aliphatic heterocycles. The Labute approximate surface area is 85.6 Å². The van der Waals surface area contributed by atoms with Crippen molar-refractivity contribution in [2.24, 2.45) is 0 Å². The molecule has 0 spiro atoms. The predicted molar refractivity (Wildman–Crippen MR) is 55.1 cm³/mol. The SMILES string of the molecule is CC(C)NCC(=O)N1CCOC(C)C1. The van der Waals surface area contributed by atoms with Crippen LogP contribution in [0.2, 0.25) is 0 Å². The van der Waals surface area contributed by atoms with Gasteiger partial charge in [-0.1, -0.05) is 13.8 Å². The van der Waals surface area contributed by atoms with E-state index in [-0.39, 0.29) is 12.0 Å². The lowest BCUT2D eigenvalue weighted by Gasteiger charge is -2.31. The van der Waals surface area contributed by atoms with E-state index in [1.165, 1.54) is 0 Å². The molecule has 4 heteroatoms. The number of hydrogen-bond donors (Lipinski definition) is 1. The van der Waals surface area contributed by atoms with Gasteiger partial charge in [0.2, 0.25) is 5.91 Å². The first kappa shape index (κ1) is 11.5. The first-order valence-electron chi connectivity index (χ1n) is 5.22. The van der Waals surface area contributed by atoms with Gasteiger partial charge in [-0.2, -0.15) is 0 Å². The summed E-state index contributed by atoms with van der Waals surface area (Å²) in [5, 5.41) is 3.13. The van der Waals surface area contributed by atoms with Crippen LogP contribution in [0.3, 0.4) is 0 Å². The fraction of sp³-hybridized carbons (Fsp3) is 0.900. The molecule has 1 fully saturated rings. The van der Waals surface area contributed by atoms with Gasteiger partial charge in [0.1, 0.15) is 0 Å². The predicted octanol–water partition coefficient (Wildman–Crippen LogP) is 0.232. The minimum Gasteiger partial charge on any atom is -0.375 e. The number of nitrogens with zero attached hydrogens (tertiary/aromatic N) is 1. The maximum atomic E-state index is 11.7. The molecule has 1 heterocycles. The van der Waals surface area contributed by atoms with Crippen molar-refractivity contribution in [2.45, 2.75) is 32.9 Å². The zero-order chi connectivity index (χ0) is 10.6. The number of ether oxygens (including phenoxy) is 1. The molecule has 14 heavy (non-hydrogen) atoms. The van der Waals surface area contributed by atoms with Crippen molar-refractivity contribution >= 4 is 5.91 Å². The average Bonchev–Trinajstić information content (AvgIpc) is 2.14. The summed E-state index contributed by atoms with van der Waals surface area (Å²) in [4.78, 5) is 13.5. The van der Waals surface area contributed by atoms with Gasteiger partial charge in [0.15, 0.2) is 0 Å². The zero-order valence-corrected chi connectivity index (χ0v) is 9.25. The lowest BCUT2D eigenvalue weighted by atomic mass is 10.3. The molecular formula is C10H20N2O2. The normalized spacial score (nSPS) is 22.9. The summed E-state index contributed by atoms with van der Waals surface area (Å²) < 4.78 is 5.37. The Balaban J connectivity index is 2.29. The van der Waals surface area contributed by atoms with Crippen LogP contribution in [0, 0.1) is 0 Å². The van der Waals surface area contributed by atoms with E-state index in [9.17, 15) is 4.79 Å². The summed E-state index contributed by atoms with van der Waals surface area (Å²) in [5.74, 6) is 0.175. The van der Waals surface area contributed by atoms with Gasteiger partial charge >= 0.3 is 0 Å². The van der Waals surface area contributed by atoms with Gasteiger partial charge in [0.25, 0.3) is 0 Å². The Bertz CT molecular complexity index is 195. The number of carbonyl (C=O) groups is 1. The van der Waals surface area contributed by atoms with Gasteiger partial charge in [-0.25, -0.2) is 0 Å². The summed E-state index contributed by atoms with van der Waals surface area (Å²) >= 11 is 0. The lowest BCUT2D eigenvalue weighted by molar-refractivity contribution is -0.137. The van der Waals surface area contributed by atoms with E-state index in [0.29, 0.717) is 19.2 Å². The van der Waals surface area contributed by atoms with Crippen LogP contribution in [0.15, 0.2) is 0 Å². The molecule has 1 amide bonds. The molecule has 1 N–H and O–H groups in total. The molecule has 1 atom stereocenters. The minimum absolute atomic E-state index is 0.173. The molecule has 0 bridgehead atoms. The standard InChI is InChI=1S/C10H20N2O2/c1-8(2)11-6-10(13)12-4-5-14-9(3)7-12/h8-9,11H,4-7H2,1-3H3. The van der Waals surface area contributed by atoms with Crippen molar-refractivity contribution < 1.29 is 9.53 Å². The number of nitrogens with one attached hydrogen (secondary N) is 1. The van der Waals surface area contributed by atoms with Gasteiger partial charge in [-0.3, -0.25) is 4.79 Å². The molecular weight excluding hydrogens is 180 g/mol. The summed E-state index contributed by atoms with van der Waals surface area (Å²) in [7, 11) is 0. The van der Waals surface area contributed by atoms with Crippen molar-refractivity contribution in [1.82, 2.24) is 10.2 Å². The maximum Gasteiger partial charge on any atom is 0.236 e. The topological polar surface area (TPSA) is 41.6 Å². The first-order valence-corrected chi connectivity index (χ1v) is 5.22. The molecule has 0 radical (unpaired) electrons. The van der Waals surface area contributed by atoms with E-state index in [2.05, 4.69) is 5.32 Å². The van der Waals surface area contributed by atoms with Crippen LogP contribution < -0.4 is 5.32 Å². The van der Waals surface area contributed by atoms with E-state index in [4.69, 9.17) is 4.74 Å². The second kappa shape index (κ2) is 5.32. The zero-order valence-electron chi connectivity index (χ0n) is 9.25. The molecule has 4 nitrogen and oxygen atoms in total. The van der Waals surface area contributed by atoms with Gasteiger partial charge in [-0.15, -0.1) is 0 Å². The fourth-order valence-corrected chi connectivity index (χ4v) is 1.45. The van der Waals surface area contributed by atoms with E-state index in [1.807, 2.05) is 25.7 Å². The highest BCUT2D eigenvalue weighted by molar-refractivity contribution is 5.78. The van der Waals surface area contributed by atoms with Gasteiger partial charge in [-0.05, 0) is 6.92 Å². The monoisotopic (exact) mass is 200 g/mol. The maximum absolute atomic E-state index is 11.7. The number of rotatable bonds is 3. The highest BCUT2D eigenvalue weighted by Gasteiger charge is 2.20. The Hall–Kier alpha value is -0.610. The van der Waals surface area contributed by atoms with Crippen LogP contribution in [0.4, 0.5) is 0 Å². The highest BCUT2D eigenvalue weighted by Crippen LogP contribution is 2.03. The van der Waals surface area contributed by atoms with Crippen molar-refractivity contribution in [3.05, 3.63) is 0 Å². The fourth-order valence-electron chi connectivity index (χ4n) is 1.45. The Kier molecular flexibility index (Phi) is 4.35. The van der Waals surface area contributed by atoms with Crippen LogP contribution >= 0.6 is 0 Å². The van der Waals surface area contributed by atoms with Crippen molar-refractivity contribution in [3.8, 4) is 0 Å². The lowest BCUT2D eigenvalue weighted by Crippen LogP contribution is -2.48. The molecule has 0 saturated carbocycles. The summed E-state index contributed by atoms with van der Waals surface area (Å²) in [6.07, 6.45) is 0.173. The third-order valence-corrected chi connectivity index (χ3v) is 2.26. The van der Waals surface area contributed by atoms with E-state index in [0.717, 1.165) is 13.1 Å². The third-order valence-electron chi connectivity index (χ3n) is 2.26. The second-order valence-corrected chi connectivity index (χ2v) is 4.06. The Morgan fingerprint density at radius 2 is 2.36 bits per heavy atom. The smallest absolute Gasteiger partial charge is 0.236 e. The number of amides is 1. The molecule has 0 aromatic carbocycles. The number of carbonyl (C=O) groups excluding carboxylic acids is 1. The average molecular weight is 200 g/mol. The number of morpholine rings is 1. The molecule has 0 aliphatic carbocycles. The van der Waals surface area contributed by atoms with E-state index >= 15 is 0 Å². The van der Waals surface area contributed by atoms with Crippen LogP contribution in [0.1, 0.15) is 20.8 Å². The third kappa shape index (κ3) is 3.64. The molecule has 1 unspecified atom stereocenters. The van der Waals surface area contributed by atoms with Gasteiger partial charge < -0.3 is 15.0 Å². The molecule has 0 aromatic heterocycles. The molecule has 1 rings (SSSR count). The van der Waals surface area contributed by atoms with E-state index in [1.54, 1.807) is 0 Å². The minimum atomic E-state index is 0.173. The van der Waals surface area contributed by atoms with Crippen LogP contribution in [-0.4, -0.2) is 49.2 Å². The van der Waals surface area contributed by atoms with Gasteiger partial charge in [0, 0.05) is 19.1 Å².